The molecule has 0 unspecified atom stereocenters. The number of anilines is 1. The first-order chi connectivity index (χ1) is 9.15. The van der Waals surface area contributed by atoms with Crippen LogP contribution in [-0.2, 0) is 4.79 Å². The van der Waals surface area contributed by atoms with Gasteiger partial charge in [-0.2, -0.15) is 0 Å². The summed E-state index contributed by atoms with van der Waals surface area (Å²) in [4.78, 5) is 11.6. The van der Waals surface area contributed by atoms with Crippen LogP contribution in [0.25, 0.3) is 0 Å². The number of benzene rings is 2. The number of carbonyl (C=O) groups excluding carboxylic acids is 1. The standard InChI is InChI=1S/C14H11BrFNO2/c15-10-4-3-5-11(8-10)17-14(18)9-19-13-7-2-1-6-12(13)16/h1-8H,9H2,(H,17,18). The van der Waals surface area contributed by atoms with E-state index in [1.54, 1.807) is 30.3 Å². The molecule has 0 atom stereocenters. The first-order valence-electron chi connectivity index (χ1n) is 5.58. The Hall–Kier alpha value is -1.88. The predicted molar refractivity (Wildman–Crippen MR) is 74.7 cm³/mol. The number of hydrogen-bond acceptors (Lipinski definition) is 2. The van der Waals surface area contributed by atoms with Gasteiger partial charge < -0.3 is 10.1 Å². The Labute approximate surface area is 118 Å². The van der Waals surface area contributed by atoms with Gasteiger partial charge in [0.1, 0.15) is 0 Å². The summed E-state index contributed by atoms with van der Waals surface area (Å²) in [5.74, 6) is -0.772. The molecule has 0 aliphatic heterocycles. The average Bonchev–Trinajstić information content (AvgIpc) is 2.38. The zero-order valence-corrected chi connectivity index (χ0v) is 11.5. The van der Waals surface area contributed by atoms with Crippen LogP contribution in [0.5, 0.6) is 5.75 Å². The predicted octanol–water partition coefficient (Wildman–Crippen LogP) is 3.61. The van der Waals surface area contributed by atoms with Crippen LogP contribution < -0.4 is 10.1 Å². The van der Waals surface area contributed by atoms with Gasteiger partial charge in [0.15, 0.2) is 18.2 Å². The van der Waals surface area contributed by atoms with Crippen molar-refractivity contribution in [1.29, 1.82) is 0 Å². The first-order valence-corrected chi connectivity index (χ1v) is 6.37. The van der Waals surface area contributed by atoms with Gasteiger partial charge in [0.25, 0.3) is 5.91 Å². The minimum absolute atomic E-state index is 0.0619. The van der Waals surface area contributed by atoms with E-state index in [-0.39, 0.29) is 18.3 Å². The largest absolute Gasteiger partial charge is 0.481 e. The fourth-order valence-electron chi connectivity index (χ4n) is 1.47. The van der Waals surface area contributed by atoms with Crippen LogP contribution in [-0.4, -0.2) is 12.5 Å². The van der Waals surface area contributed by atoms with E-state index in [0.29, 0.717) is 5.69 Å². The number of nitrogens with one attached hydrogen (secondary N) is 1. The zero-order chi connectivity index (χ0) is 13.7. The number of halogens is 2. The number of rotatable bonds is 4. The van der Waals surface area contributed by atoms with Crippen LogP contribution in [0, 0.1) is 5.82 Å². The maximum Gasteiger partial charge on any atom is 0.262 e. The molecule has 0 fully saturated rings. The Kier molecular flexibility index (Phi) is 4.52. The number of para-hydroxylation sites is 1. The maximum atomic E-state index is 13.3. The number of ether oxygens (including phenoxy) is 1. The second kappa shape index (κ2) is 6.33. The SMILES string of the molecule is O=C(COc1ccccc1F)Nc1cccc(Br)c1. The van der Waals surface area contributed by atoms with E-state index in [2.05, 4.69) is 21.2 Å². The molecule has 1 N–H and O–H groups in total. The van der Waals surface area contributed by atoms with Crippen molar-refractivity contribution in [2.24, 2.45) is 0 Å². The van der Waals surface area contributed by atoms with Gasteiger partial charge in [0, 0.05) is 10.2 Å². The van der Waals surface area contributed by atoms with Crippen molar-refractivity contribution in [3.05, 3.63) is 58.8 Å². The van der Waals surface area contributed by atoms with E-state index in [4.69, 9.17) is 4.74 Å². The lowest BCUT2D eigenvalue weighted by atomic mass is 10.3. The molecule has 0 heterocycles. The van der Waals surface area contributed by atoms with Gasteiger partial charge in [-0.25, -0.2) is 4.39 Å². The van der Waals surface area contributed by atoms with E-state index in [9.17, 15) is 9.18 Å². The minimum atomic E-state index is -0.488. The molecule has 3 nitrogen and oxygen atoms in total. The Balaban J connectivity index is 1.90. The van der Waals surface area contributed by atoms with Crippen molar-refractivity contribution in [2.75, 3.05) is 11.9 Å². The van der Waals surface area contributed by atoms with Crippen molar-refractivity contribution in [2.45, 2.75) is 0 Å². The summed E-state index contributed by atoms with van der Waals surface area (Å²) < 4.78 is 19.2. The molecule has 0 bridgehead atoms. The Morgan fingerprint density at radius 3 is 2.74 bits per heavy atom. The van der Waals surface area contributed by atoms with Gasteiger partial charge in [-0.1, -0.05) is 34.1 Å². The molecule has 2 rings (SSSR count). The lowest BCUT2D eigenvalue weighted by Crippen LogP contribution is -2.20. The highest BCUT2D eigenvalue weighted by molar-refractivity contribution is 9.10. The van der Waals surface area contributed by atoms with Crippen molar-refractivity contribution in [3.8, 4) is 5.75 Å². The molecular weight excluding hydrogens is 313 g/mol. The lowest BCUT2D eigenvalue weighted by Gasteiger charge is -2.08. The highest BCUT2D eigenvalue weighted by Gasteiger charge is 2.06. The van der Waals surface area contributed by atoms with Gasteiger partial charge in [0.05, 0.1) is 0 Å². The van der Waals surface area contributed by atoms with Crippen LogP contribution in [0.15, 0.2) is 53.0 Å². The molecule has 0 aromatic heterocycles. The Morgan fingerprint density at radius 1 is 1.21 bits per heavy atom. The van der Waals surface area contributed by atoms with Crippen LogP contribution in [0.2, 0.25) is 0 Å². The van der Waals surface area contributed by atoms with E-state index < -0.39 is 5.82 Å². The summed E-state index contributed by atoms with van der Waals surface area (Å²) in [6.45, 7) is -0.243. The smallest absolute Gasteiger partial charge is 0.262 e. The van der Waals surface area contributed by atoms with Crippen LogP contribution in [0.1, 0.15) is 0 Å². The molecule has 19 heavy (non-hydrogen) atoms. The molecule has 0 saturated carbocycles. The van der Waals surface area contributed by atoms with E-state index in [0.717, 1.165) is 4.47 Å². The quantitative estimate of drug-likeness (QED) is 0.933. The second-order valence-electron chi connectivity index (χ2n) is 3.78. The summed E-state index contributed by atoms with van der Waals surface area (Å²) in [6, 6.07) is 13.1. The molecule has 0 radical (unpaired) electrons. The maximum absolute atomic E-state index is 13.3. The van der Waals surface area contributed by atoms with Crippen molar-refractivity contribution < 1.29 is 13.9 Å². The topological polar surface area (TPSA) is 38.3 Å². The first kappa shape index (κ1) is 13.5. The molecule has 5 heteroatoms. The van der Waals surface area contributed by atoms with Crippen LogP contribution in [0.3, 0.4) is 0 Å². The lowest BCUT2D eigenvalue weighted by molar-refractivity contribution is -0.118. The monoisotopic (exact) mass is 323 g/mol. The summed E-state index contributed by atoms with van der Waals surface area (Å²) in [5, 5.41) is 2.66. The fraction of sp³-hybridized carbons (Fsp3) is 0.0714. The number of carbonyl (C=O) groups is 1. The Morgan fingerprint density at radius 2 is 2.00 bits per heavy atom. The van der Waals surface area contributed by atoms with Crippen LogP contribution in [0.4, 0.5) is 10.1 Å². The molecule has 1 amide bonds. The highest BCUT2D eigenvalue weighted by Crippen LogP contribution is 2.17. The molecule has 0 spiro atoms. The summed E-state index contributed by atoms with van der Waals surface area (Å²) in [7, 11) is 0. The Bertz CT molecular complexity index is 589. The molecule has 0 saturated heterocycles. The van der Waals surface area contributed by atoms with Gasteiger partial charge in [0.2, 0.25) is 0 Å². The number of amides is 1. The fourth-order valence-corrected chi connectivity index (χ4v) is 1.87. The zero-order valence-electron chi connectivity index (χ0n) is 9.90. The summed E-state index contributed by atoms with van der Waals surface area (Å²) in [5.41, 5.74) is 0.650. The van der Waals surface area contributed by atoms with Gasteiger partial charge in [-0.3, -0.25) is 4.79 Å². The second-order valence-corrected chi connectivity index (χ2v) is 4.69. The van der Waals surface area contributed by atoms with Crippen molar-refractivity contribution in [1.82, 2.24) is 0 Å². The highest BCUT2D eigenvalue weighted by atomic mass is 79.9. The van der Waals surface area contributed by atoms with Crippen molar-refractivity contribution >= 4 is 27.5 Å². The molecule has 2 aromatic rings. The molecule has 98 valence electrons. The minimum Gasteiger partial charge on any atom is -0.481 e. The molecular formula is C14H11BrFNO2. The normalized spacial score (nSPS) is 10.0. The third kappa shape index (κ3) is 4.06. The van der Waals surface area contributed by atoms with E-state index in [1.165, 1.54) is 12.1 Å². The van der Waals surface area contributed by atoms with Gasteiger partial charge in [-0.15, -0.1) is 0 Å². The van der Waals surface area contributed by atoms with Gasteiger partial charge in [-0.05, 0) is 30.3 Å². The average molecular weight is 324 g/mol. The van der Waals surface area contributed by atoms with E-state index in [1.807, 2.05) is 6.07 Å². The van der Waals surface area contributed by atoms with E-state index >= 15 is 0 Å². The number of hydrogen-bond donors (Lipinski definition) is 1. The summed E-state index contributed by atoms with van der Waals surface area (Å²) in [6.07, 6.45) is 0. The molecule has 0 aliphatic carbocycles. The van der Waals surface area contributed by atoms with Crippen molar-refractivity contribution in [3.63, 3.8) is 0 Å². The van der Waals surface area contributed by atoms with Crippen LogP contribution >= 0.6 is 15.9 Å². The molecule has 2 aromatic carbocycles. The third-order valence-corrected chi connectivity index (χ3v) is 2.80. The third-order valence-electron chi connectivity index (χ3n) is 2.30. The molecule has 0 aliphatic rings. The summed E-state index contributed by atoms with van der Waals surface area (Å²) >= 11 is 3.31. The van der Waals surface area contributed by atoms with Gasteiger partial charge >= 0.3 is 0 Å².